The zero-order valence-corrected chi connectivity index (χ0v) is 19.2. The summed E-state index contributed by atoms with van der Waals surface area (Å²) in [7, 11) is 0. The molecule has 0 unspecified atom stereocenters. The van der Waals surface area contributed by atoms with Crippen LogP contribution in [-0.2, 0) is 16.2 Å². The summed E-state index contributed by atoms with van der Waals surface area (Å²) in [6, 6.07) is 19.9. The summed E-state index contributed by atoms with van der Waals surface area (Å²) in [6.45, 7) is -0.406. The molecule has 4 rings (SSSR count). The summed E-state index contributed by atoms with van der Waals surface area (Å²) in [5.41, 5.74) is 1.50. The molecule has 1 aliphatic heterocycles. The van der Waals surface area contributed by atoms with Crippen molar-refractivity contribution < 1.29 is 23.5 Å². The first kappa shape index (κ1) is 23.5. The van der Waals surface area contributed by atoms with Crippen LogP contribution in [0.15, 0.2) is 77.7 Å². The summed E-state index contributed by atoms with van der Waals surface area (Å²) in [5.74, 6) is -0.960. The number of ether oxygens (including phenoxy) is 1. The van der Waals surface area contributed by atoms with Crippen molar-refractivity contribution in [1.82, 2.24) is 4.90 Å². The van der Waals surface area contributed by atoms with Crippen LogP contribution >= 0.6 is 23.4 Å². The summed E-state index contributed by atoms with van der Waals surface area (Å²) >= 11 is 6.78. The van der Waals surface area contributed by atoms with E-state index >= 15 is 0 Å². The van der Waals surface area contributed by atoms with E-state index in [9.17, 15) is 18.8 Å². The van der Waals surface area contributed by atoms with E-state index in [-0.39, 0.29) is 28.6 Å². The summed E-state index contributed by atoms with van der Waals surface area (Å²) in [4.78, 5) is 38.3. The third kappa shape index (κ3) is 5.65. The van der Waals surface area contributed by atoms with Crippen LogP contribution in [0.2, 0.25) is 5.02 Å². The second-order valence-electron chi connectivity index (χ2n) is 7.24. The number of imide groups is 1. The van der Waals surface area contributed by atoms with Crippen molar-refractivity contribution in [2.45, 2.75) is 6.61 Å². The lowest BCUT2D eigenvalue weighted by Gasteiger charge is -2.12. The Kier molecular flexibility index (Phi) is 7.30. The van der Waals surface area contributed by atoms with Gasteiger partial charge < -0.3 is 10.1 Å². The standard InChI is InChI=1S/C25H18ClFN2O4S/c26-20-7-4-8-21(27)19(20)15-33-18-11-9-16(10-12-18)13-22-24(31)29(25(32)34-22)14-23(30)28-17-5-2-1-3-6-17/h1-13H,14-15H2,(H,28,30)/b22-13-. The molecule has 6 nitrogen and oxygen atoms in total. The molecular formula is C25H18ClFN2O4S. The second kappa shape index (κ2) is 10.5. The van der Waals surface area contributed by atoms with Crippen molar-refractivity contribution in [3.8, 4) is 5.75 Å². The zero-order chi connectivity index (χ0) is 24.1. The van der Waals surface area contributed by atoms with Crippen LogP contribution in [0.3, 0.4) is 0 Å². The fourth-order valence-electron chi connectivity index (χ4n) is 3.14. The SMILES string of the molecule is O=C(CN1C(=O)S/C(=C\c2ccc(OCc3c(F)cccc3Cl)cc2)C1=O)Nc1ccccc1. The summed E-state index contributed by atoms with van der Waals surface area (Å²) in [5, 5.41) is 2.42. The Morgan fingerprint density at radius 2 is 1.76 bits per heavy atom. The number of rotatable bonds is 7. The molecule has 1 saturated heterocycles. The van der Waals surface area contributed by atoms with Crippen molar-refractivity contribution >= 4 is 52.2 Å². The molecule has 3 amide bonds. The Morgan fingerprint density at radius 1 is 1.03 bits per heavy atom. The van der Waals surface area contributed by atoms with Crippen LogP contribution < -0.4 is 10.1 Å². The number of para-hydroxylation sites is 1. The molecule has 9 heteroatoms. The number of carbonyl (C=O) groups is 3. The van der Waals surface area contributed by atoms with Gasteiger partial charge in [0.25, 0.3) is 11.1 Å². The molecule has 34 heavy (non-hydrogen) atoms. The number of hydrogen-bond acceptors (Lipinski definition) is 5. The first-order valence-electron chi connectivity index (χ1n) is 10.2. The molecule has 1 fully saturated rings. The van der Waals surface area contributed by atoms with Crippen LogP contribution in [0, 0.1) is 5.82 Å². The van der Waals surface area contributed by atoms with Crippen LogP contribution in [-0.4, -0.2) is 28.5 Å². The molecule has 1 N–H and O–H groups in total. The molecule has 3 aromatic rings. The Balaban J connectivity index is 1.37. The van der Waals surface area contributed by atoms with E-state index in [1.54, 1.807) is 60.7 Å². The normalized spacial score (nSPS) is 14.5. The predicted octanol–water partition coefficient (Wildman–Crippen LogP) is 5.73. The lowest BCUT2D eigenvalue weighted by Crippen LogP contribution is -2.36. The Morgan fingerprint density at radius 3 is 2.47 bits per heavy atom. The molecule has 1 aliphatic rings. The van der Waals surface area contributed by atoms with E-state index in [1.807, 2.05) is 6.07 Å². The maximum Gasteiger partial charge on any atom is 0.294 e. The zero-order valence-electron chi connectivity index (χ0n) is 17.7. The Labute approximate surface area is 204 Å². The first-order chi connectivity index (χ1) is 16.4. The van der Waals surface area contributed by atoms with Gasteiger partial charge in [-0.25, -0.2) is 4.39 Å². The van der Waals surface area contributed by atoms with Gasteiger partial charge in [-0.3, -0.25) is 19.3 Å². The van der Waals surface area contributed by atoms with E-state index in [0.717, 1.165) is 16.7 Å². The van der Waals surface area contributed by atoms with Gasteiger partial charge >= 0.3 is 0 Å². The third-order valence-electron chi connectivity index (χ3n) is 4.86. The molecular weight excluding hydrogens is 479 g/mol. The maximum atomic E-state index is 13.9. The molecule has 0 aliphatic carbocycles. The lowest BCUT2D eigenvalue weighted by molar-refractivity contribution is -0.127. The number of hydrogen-bond donors (Lipinski definition) is 1. The van der Waals surface area contributed by atoms with Gasteiger partial charge in [0.1, 0.15) is 24.7 Å². The quantitative estimate of drug-likeness (QED) is 0.422. The van der Waals surface area contributed by atoms with Crippen molar-refractivity contribution in [3.63, 3.8) is 0 Å². The van der Waals surface area contributed by atoms with E-state index in [2.05, 4.69) is 5.32 Å². The highest BCUT2D eigenvalue weighted by Crippen LogP contribution is 2.32. The van der Waals surface area contributed by atoms with Crippen molar-refractivity contribution in [2.24, 2.45) is 0 Å². The smallest absolute Gasteiger partial charge is 0.294 e. The van der Waals surface area contributed by atoms with E-state index in [4.69, 9.17) is 16.3 Å². The van der Waals surface area contributed by atoms with Gasteiger partial charge in [0, 0.05) is 11.3 Å². The van der Waals surface area contributed by atoms with Crippen LogP contribution in [0.25, 0.3) is 6.08 Å². The molecule has 0 spiro atoms. The first-order valence-corrected chi connectivity index (χ1v) is 11.4. The third-order valence-corrected chi connectivity index (χ3v) is 6.12. The molecule has 0 aromatic heterocycles. The molecule has 0 atom stereocenters. The highest BCUT2D eigenvalue weighted by molar-refractivity contribution is 8.18. The van der Waals surface area contributed by atoms with Crippen molar-refractivity contribution in [3.05, 3.63) is 99.7 Å². The van der Waals surface area contributed by atoms with Gasteiger partial charge in [-0.15, -0.1) is 0 Å². The van der Waals surface area contributed by atoms with Gasteiger partial charge in [0.15, 0.2) is 0 Å². The van der Waals surface area contributed by atoms with Crippen LogP contribution in [0.5, 0.6) is 5.75 Å². The van der Waals surface area contributed by atoms with E-state index in [0.29, 0.717) is 17.0 Å². The minimum Gasteiger partial charge on any atom is -0.489 e. The van der Waals surface area contributed by atoms with Crippen LogP contribution in [0.1, 0.15) is 11.1 Å². The summed E-state index contributed by atoms with van der Waals surface area (Å²) < 4.78 is 19.5. The number of amides is 3. The number of benzene rings is 3. The number of nitrogens with zero attached hydrogens (tertiary/aromatic N) is 1. The Hall–Kier alpha value is -3.62. The second-order valence-corrected chi connectivity index (χ2v) is 8.64. The van der Waals surface area contributed by atoms with Gasteiger partial charge in [0.05, 0.1) is 9.93 Å². The van der Waals surface area contributed by atoms with Gasteiger partial charge in [0.2, 0.25) is 5.91 Å². The number of halogens is 2. The summed E-state index contributed by atoms with van der Waals surface area (Å²) in [6.07, 6.45) is 1.57. The Bertz CT molecular complexity index is 1250. The van der Waals surface area contributed by atoms with Gasteiger partial charge in [-0.2, -0.15) is 0 Å². The fraction of sp³-hybridized carbons (Fsp3) is 0.0800. The molecule has 3 aromatic carbocycles. The molecule has 0 saturated carbocycles. The average molecular weight is 497 g/mol. The topological polar surface area (TPSA) is 75.7 Å². The van der Waals surface area contributed by atoms with Gasteiger partial charge in [-0.1, -0.05) is 48.0 Å². The largest absolute Gasteiger partial charge is 0.489 e. The lowest BCUT2D eigenvalue weighted by atomic mass is 10.2. The van der Waals surface area contributed by atoms with E-state index < -0.39 is 22.9 Å². The minimum absolute atomic E-state index is 0.0329. The molecule has 172 valence electrons. The van der Waals surface area contributed by atoms with Crippen molar-refractivity contribution in [2.75, 3.05) is 11.9 Å². The van der Waals surface area contributed by atoms with Crippen molar-refractivity contribution in [1.29, 1.82) is 0 Å². The number of carbonyl (C=O) groups excluding carboxylic acids is 3. The minimum atomic E-state index is -0.535. The number of nitrogens with one attached hydrogen (secondary N) is 1. The fourth-order valence-corrected chi connectivity index (χ4v) is 4.20. The van der Waals surface area contributed by atoms with Crippen LogP contribution in [0.4, 0.5) is 14.9 Å². The molecule has 0 radical (unpaired) electrons. The highest BCUT2D eigenvalue weighted by atomic mass is 35.5. The van der Waals surface area contributed by atoms with E-state index in [1.165, 1.54) is 12.1 Å². The van der Waals surface area contributed by atoms with Gasteiger partial charge in [-0.05, 0) is 59.8 Å². The molecule has 0 bridgehead atoms. The average Bonchev–Trinajstić information content (AvgIpc) is 3.07. The highest BCUT2D eigenvalue weighted by Gasteiger charge is 2.36. The number of anilines is 1. The number of thioether (sulfide) groups is 1. The predicted molar refractivity (Wildman–Crippen MR) is 130 cm³/mol. The molecule has 1 heterocycles. The monoisotopic (exact) mass is 496 g/mol. The maximum absolute atomic E-state index is 13.9.